The van der Waals surface area contributed by atoms with Crippen LogP contribution in [0.5, 0.6) is 5.75 Å². The smallest absolute Gasteiger partial charge is 0.289 e. The molecule has 0 atom stereocenters. The van der Waals surface area contributed by atoms with Gasteiger partial charge in [-0.25, -0.2) is 0 Å². The average molecular weight is 425 g/mol. The summed E-state index contributed by atoms with van der Waals surface area (Å²) in [6, 6.07) is 13.3. The minimum Gasteiger partial charge on any atom is -0.497 e. The number of thiophene rings is 1. The number of carbonyl (C=O) groups is 2. The number of aryl methyl sites for hydroxylation is 2. The van der Waals surface area contributed by atoms with Gasteiger partial charge in [-0.2, -0.15) is 0 Å². The Bertz CT molecular complexity index is 1060. The topological polar surface area (TPSA) is 63.0 Å². The molecule has 6 nitrogen and oxygen atoms in total. The Balaban J connectivity index is 1.42. The van der Waals surface area contributed by atoms with Gasteiger partial charge in [-0.05, 0) is 55.3 Å². The van der Waals surface area contributed by atoms with Gasteiger partial charge < -0.3 is 19.0 Å². The zero-order valence-corrected chi connectivity index (χ0v) is 18.1. The highest BCUT2D eigenvalue weighted by Crippen LogP contribution is 2.32. The predicted molar refractivity (Wildman–Crippen MR) is 116 cm³/mol. The summed E-state index contributed by atoms with van der Waals surface area (Å²) in [5, 5.41) is 0. The summed E-state index contributed by atoms with van der Waals surface area (Å²) >= 11 is 1.51. The van der Waals surface area contributed by atoms with E-state index in [-0.39, 0.29) is 11.8 Å². The van der Waals surface area contributed by atoms with Crippen molar-refractivity contribution in [3.63, 3.8) is 0 Å². The number of rotatable bonds is 4. The molecule has 0 unspecified atom stereocenters. The van der Waals surface area contributed by atoms with Crippen LogP contribution in [0, 0.1) is 13.8 Å². The van der Waals surface area contributed by atoms with Crippen LogP contribution >= 0.6 is 11.3 Å². The van der Waals surface area contributed by atoms with Gasteiger partial charge in [0.1, 0.15) is 11.5 Å². The molecule has 2 aromatic heterocycles. The SMILES string of the molecule is COc1ccc(-c2cc(C(=O)N3CCN(C(=O)c4ccc(C)o4)CC3)sc2C)cc1. The third-order valence-electron chi connectivity index (χ3n) is 5.33. The number of hydrogen-bond donors (Lipinski definition) is 0. The molecule has 1 fully saturated rings. The molecule has 1 aromatic carbocycles. The van der Waals surface area contributed by atoms with Crippen LogP contribution in [0.3, 0.4) is 0 Å². The predicted octanol–water partition coefficient (Wildman–Crippen LogP) is 4.23. The molecule has 4 rings (SSSR count). The molecule has 1 saturated heterocycles. The lowest BCUT2D eigenvalue weighted by Crippen LogP contribution is -2.50. The van der Waals surface area contributed by atoms with E-state index in [0.717, 1.165) is 26.6 Å². The fourth-order valence-corrected chi connectivity index (χ4v) is 4.63. The summed E-state index contributed by atoms with van der Waals surface area (Å²) < 4.78 is 10.7. The maximum Gasteiger partial charge on any atom is 0.289 e. The highest BCUT2D eigenvalue weighted by Gasteiger charge is 2.28. The first-order valence-corrected chi connectivity index (χ1v) is 10.7. The van der Waals surface area contributed by atoms with Gasteiger partial charge in [0.25, 0.3) is 11.8 Å². The second-order valence-corrected chi connectivity index (χ2v) is 8.56. The Morgan fingerprint density at radius 3 is 2.13 bits per heavy atom. The number of nitrogens with zero attached hydrogens (tertiary/aromatic N) is 2. The lowest BCUT2D eigenvalue weighted by atomic mass is 10.1. The number of piperazine rings is 1. The van der Waals surface area contributed by atoms with Crippen LogP contribution in [0.1, 0.15) is 30.9 Å². The molecule has 1 aliphatic rings. The van der Waals surface area contributed by atoms with Crippen LogP contribution in [0.15, 0.2) is 46.9 Å². The molecule has 0 N–H and O–H groups in total. The average Bonchev–Trinajstić information content (AvgIpc) is 3.38. The van der Waals surface area contributed by atoms with Gasteiger partial charge in [0.2, 0.25) is 0 Å². The van der Waals surface area contributed by atoms with E-state index in [2.05, 4.69) is 0 Å². The van der Waals surface area contributed by atoms with E-state index in [1.165, 1.54) is 11.3 Å². The van der Waals surface area contributed by atoms with Crippen molar-refractivity contribution in [2.24, 2.45) is 0 Å². The van der Waals surface area contributed by atoms with Crippen LogP contribution in [0.2, 0.25) is 0 Å². The first-order chi connectivity index (χ1) is 14.5. The van der Waals surface area contributed by atoms with Crippen molar-refractivity contribution in [1.29, 1.82) is 0 Å². The van der Waals surface area contributed by atoms with Crippen molar-refractivity contribution in [2.75, 3.05) is 33.3 Å². The molecular formula is C23H24N2O4S. The number of hydrogen-bond acceptors (Lipinski definition) is 5. The van der Waals surface area contributed by atoms with Crippen molar-refractivity contribution in [3.05, 3.63) is 63.7 Å². The summed E-state index contributed by atoms with van der Waals surface area (Å²) in [6.07, 6.45) is 0. The molecule has 0 saturated carbocycles. The van der Waals surface area contributed by atoms with Gasteiger partial charge in [0.15, 0.2) is 5.76 Å². The van der Waals surface area contributed by atoms with Crippen molar-refractivity contribution >= 4 is 23.2 Å². The van der Waals surface area contributed by atoms with Crippen LogP contribution in [-0.4, -0.2) is 54.9 Å². The van der Waals surface area contributed by atoms with Crippen LogP contribution in [0.4, 0.5) is 0 Å². The minimum atomic E-state index is -0.121. The summed E-state index contributed by atoms with van der Waals surface area (Å²) in [5.41, 5.74) is 2.13. The largest absolute Gasteiger partial charge is 0.497 e. The number of methoxy groups -OCH3 is 1. The molecule has 3 heterocycles. The lowest BCUT2D eigenvalue weighted by Gasteiger charge is -2.34. The third-order valence-corrected chi connectivity index (χ3v) is 6.37. The Morgan fingerprint density at radius 1 is 0.933 bits per heavy atom. The summed E-state index contributed by atoms with van der Waals surface area (Å²) in [4.78, 5) is 31.0. The molecule has 0 bridgehead atoms. The number of benzene rings is 1. The maximum atomic E-state index is 13.0. The lowest BCUT2D eigenvalue weighted by molar-refractivity contribution is 0.0520. The zero-order valence-electron chi connectivity index (χ0n) is 17.3. The van der Waals surface area contributed by atoms with E-state index < -0.39 is 0 Å². The minimum absolute atomic E-state index is 0.0174. The first-order valence-electron chi connectivity index (χ1n) is 9.86. The second-order valence-electron chi connectivity index (χ2n) is 7.30. The molecular weight excluding hydrogens is 400 g/mol. The number of furan rings is 1. The maximum absolute atomic E-state index is 13.0. The van der Waals surface area contributed by atoms with Crippen LogP contribution in [0.25, 0.3) is 11.1 Å². The van der Waals surface area contributed by atoms with Crippen LogP contribution in [-0.2, 0) is 0 Å². The van der Waals surface area contributed by atoms with Gasteiger partial charge in [0, 0.05) is 31.1 Å². The molecule has 2 amide bonds. The summed E-state index contributed by atoms with van der Waals surface area (Å²) in [6.45, 7) is 5.87. The molecule has 30 heavy (non-hydrogen) atoms. The highest BCUT2D eigenvalue weighted by atomic mass is 32.1. The normalized spacial score (nSPS) is 14.1. The quantitative estimate of drug-likeness (QED) is 0.629. The van der Waals surface area contributed by atoms with E-state index in [9.17, 15) is 9.59 Å². The molecule has 0 spiro atoms. The number of amides is 2. The Labute approximate surface area is 179 Å². The first kappa shape index (κ1) is 20.2. The zero-order chi connectivity index (χ0) is 21.3. The molecule has 0 radical (unpaired) electrons. The summed E-state index contributed by atoms with van der Waals surface area (Å²) in [7, 11) is 1.64. The Hall–Kier alpha value is -3.06. The molecule has 7 heteroatoms. The fraction of sp³-hybridized carbons (Fsp3) is 0.304. The van der Waals surface area contributed by atoms with Crippen LogP contribution < -0.4 is 4.74 Å². The molecule has 0 aliphatic carbocycles. The van der Waals surface area contributed by atoms with Gasteiger partial charge in [0.05, 0.1) is 12.0 Å². The molecule has 3 aromatic rings. The van der Waals surface area contributed by atoms with Crippen molar-refractivity contribution < 1.29 is 18.7 Å². The van der Waals surface area contributed by atoms with E-state index in [0.29, 0.717) is 37.7 Å². The third kappa shape index (κ3) is 3.98. The van der Waals surface area contributed by atoms with E-state index in [4.69, 9.17) is 9.15 Å². The van der Waals surface area contributed by atoms with Gasteiger partial charge in [-0.1, -0.05) is 12.1 Å². The monoisotopic (exact) mass is 424 g/mol. The van der Waals surface area contributed by atoms with Crippen molar-refractivity contribution in [1.82, 2.24) is 9.80 Å². The number of ether oxygens (including phenoxy) is 1. The number of carbonyl (C=O) groups excluding carboxylic acids is 2. The fourth-order valence-electron chi connectivity index (χ4n) is 3.62. The Kier molecular flexibility index (Phi) is 5.63. The van der Waals surface area contributed by atoms with E-state index in [1.807, 2.05) is 49.1 Å². The molecule has 1 aliphatic heterocycles. The van der Waals surface area contributed by atoms with E-state index >= 15 is 0 Å². The van der Waals surface area contributed by atoms with Gasteiger partial charge >= 0.3 is 0 Å². The van der Waals surface area contributed by atoms with E-state index in [1.54, 1.807) is 24.1 Å². The Morgan fingerprint density at radius 2 is 1.57 bits per heavy atom. The summed E-state index contributed by atoms with van der Waals surface area (Å²) in [5.74, 6) is 1.77. The second kappa shape index (κ2) is 8.36. The standard InChI is InChI=1S/C23H24N2O4S/c1-15-4-9-20(29-15)22(26)24-10-12-25(13-11-24)23(27)21-14-19(16(2)30-21)17-5-7-18(28-3)8-6-17/h4-9,14H,10-13H2,1-3H3. The van der Waals surface area contributed by atoms with Crippen molar-refractivity contribution in [2.45, 2.75) is 13.8 Å². The van der Waals surface area contributed by atoms with Gasteiger partial charge in [-0.3, -0.25) is 9.59 Å². The highest BCUT2D eigenvalue weighted by molar-refractivity contribution is 7.14. The van der Waals surface area contributed by atoms with Crippen molar-refractivity contribution in [3.8, 4) is 16.9 Å². The molecule has 156 valence electrons. The van der Waals surface area contributed by atoms with Gasteiger partial charge in [-0.15, -0.1) is 11.3 Å².